The third kappa shape index (κ3) is 5.70. The smallest absolute Gasteiger partial charge is 0.371 e. The number of amides is 1. The molecule has 1 amide bonds. The molecule has 0 aliphatic carbocycles. The summed E-state index contributed by atoms with van der Waals surface area (Å²) >= 11 is 7.49. The van der Waals surface area contributed by atoms with E-state index in [9.17, 15) is 18.0 Å². The van der Waals surface area contributed by atoms with Crippen LogP contribution in [-0.4, -0.2) is 62.5 Å². The van der Waals surface area contributed by atoms with E-state index in [0.717, 1.165) is 17.4 Å². The first-order valence-electron chi connectivity index (χ1n) is 8.35. The molecule has 0 aromatic carbocycles. The van der Waals surface area contributed by atoms with Crippen molar-refractivity contribution in [1.82, 2.24) is 9.88 Å². The summed E-state index contributed by atoms with van der Waals surface area (Å²) in [5.74, 6) is 0.0985. The first-order chi connectivity index (χ1) is 12.8. The van der Waals surface area contributed by atoms with Crippen LogP contribution in [0.3, 0.4) is 0 Å². The van der Waals surface area contributed by atoms with Gasteiger partial charge in [-0.2, -0.15) is 24.9 Å². The molecule has 3 heterocycles. The van der Waals surface area contributed by atoms with E-state index in [1.807, 2.05) is 6.07 Å². The SMILES string of the molecule is O=C(CCSCCC(F)(F)F)N(CC1CO1)C1=C[N+](c2cccnc2)=C1Cl. The fourth-order valence-electron chi connectivity index (χ4n) is 2.45. The molecule has 5 nitrogen and oxygen atoms in total. The summed E-state index contributed by atoms with van der Waals surface area (Å²) in [5, 5.41) is 0.404. The standard InChI is InChI=1S/C17H18ClF3N3O2S/c18-16-14(10-23(16)12-2-1-5-22-8-12)24(9-13-11-26-13)15(25)3-6-27-7-4-17(19,20)21/h1-2,5,8,10,13H,3-4,6-7,9,11H2/q+1. The van der Waals surface area contributed by atoms with Gasteiger partial charge in [0, 0.05) is 30.2 Å². The molecule has 0 bridgehead atoms. The van der Waals surface area contributed by atoms with Crippen molar-refractivity contribution in [2.75, 3.05) is 24.7 Å². The molecule has 1 aromatic heterocycles. The van der Waals surface area contributed by atoms with Crippen molar-refractivity contribution in [1.29, 1.82) is 0 Å². The molecule has 1 fully saturated rings. The van der Waals surface area contributed by atoms with Crippen LogP contribution in [0.2, 0.25) is 0 Å². The third-order valence-corrected chi connectivity index (χ3v) is 5.33. The van der Waals surface area contributed by atoms with E-state index in [2.05, 4.69) is 4.98 Å². The maximum absolute atomic E-state index is 12.6. The molecule has 146 valence electrons. The van der Waals surface area contributed by atoms with Gasteiger partial charge in [-0.15, -0.1) is 4.58 Å². The largest absolute Gasteiger partial charge is 0.389 e. The van der Waals surface area contributed by atoms with E-state index < -0.39 is 12.6 Å². The van der Waals surface area contributed by atoms with Gasteiger partial charge in [0.05, 0.1) is 31.9 Å². The molecule has 1 atom stereocenters. The Hall–Kier alpha value is -1.58. The summed E-state index contributed by atoms with van der Waals surface area (Å²) in [5.41, 5.74) is 1.37. The monoisotopic (exact) mass is 420 g/mol. The quantitative estimate of drug-likeness (QED) is 0.348. The van der Waals surface area contributed by atoms with Crippen LogP contribution < -0.4 is 0 Å². The fraction of sp³-hybridized carbons (Fsp3) is 0.471. The van der Waals surface area contributed by atoms with Gasteiger partial charge in [0.15, 0.2) is 5.70 Å². The predicted molar refractivity (Wildman–Crippen MR) is 97.2 cm³/mol. The summed E-state index contributed by atoms with van der Waals surface area (Å²) in [6.07, 6.45) is 0.156. The number of carbonyl (C=O) groups excluding carboxylic acids is 1. The third-order valence-electron chi connectivity index (χ3n) is 3.97. The van der Waals surface area contributed by atoms with E-state index in [0.29, 0.717) is 29.8 Å². The lowest BCUT2D eigenvalue weighted by Gasteiger charge is -2.25. The Morgan fingerprint density at radius 3 is 2.81 bits per heavy atom. The second-order valence-corrected chi connectivity index (χ2v) is 7.66. The Labute approximate surface area is 163 Å². The van der Waals surface area contributed by atoms with Gasteiger partial charge in [0.25, 0.3) is 0 Å². The van der Waals surface area contributed by atoms with Gasteiger partial charge in [0.1, 0.15) is 0 Å². The van der Waals surface area contributed by atoms with E-state index in [1.54, 1.807) is 34.1 Å². The van der Waals surface area contributed by atoms with E-state index in [1.165, 1.54) is 0 Å². The Kier molecular flexibility index (Phi) is 6.44. The summed E-state index contributed by atoms with van der Waals surface area (Å²) in [6, 6.07) is 3.63. The predicted octanol–water partition coefficient (Wildman–Crippen LogP) is 3.52. The first-order valence-corrected chi connectivity index (χ1v) is 9.89. The van der Waals surface area contributed by atoms with Crippen molar-refractivity contribution in [2.24, 2.45) is 0 Å². The highest BCUT2D eigenvalue weighted by atomic mass is 35.5. The van der Waals surface area contributed by atoms with Gasteiger partial charge in [-0.3, -0.25) is 14.7 Å². The average molecular weight is 421 g/mol. The molecule has 0 radical (unpaired) electrons. The minimum atomic E-state index is -4.17. The Morgan fingerprint density at radius 1 is 1.44 bits per heavy atom. The van der Waals surface area contributed by atoms with Crippen LogP contribution in [0.1, 0.15) is 12.8 Å². The Balaban J connectivity index is 1.56. The molecule has 3 rings (SSSR count). The normalized spacial score (nSPS) is 18.8. The van der Waals surface area contributed by atoms with Crippen molar-refractivity contribution in [2.45, 2.75) is 25.1 Å². The summed E-state index contributed by atoms with van der Waals surface area (Å²) in [6.45, 7) is 0.969. The van der Waals surface area contributed by atoms with E-state index in [4.69, 9.17) is 16.3 Å². The van der Waals surface area contributed by atoms with Crippen LogP contribution in [0.5, 0.6) is 0 Å². The van der Waals surface area contributed by atoms with E-state index >= 15 is 0 Å². The zero-order chi connectivity index (χ0) is 19.4. The molecule has 1 saturated heterocycles. The van der Waals surface area contributed by atoms with Crippen molar-refractivity contribution in [3.63, 3.8) is 0 Å². The molecular formula is C17H18ClF3N3O2S+. The van der Waals surface area contributed by atoms with Crippen LogP contribution in [0.25, 0.3) is 0 Å². The number of alkyl halides is 3. The zero-order valence-electron chi connectivity index (χ0n) is 14.3. The van der Waals surface area contributed by atoms with E-state index in [-0.39, 0.29) is 24.2 Å². The Morgan fingerprint density at radius 2 is 2.22 bits per heavy atom. The number of hydrogen-bond acceptors (Lipinski definition) is 4. The number of ether oxygens (including phenoxy) is 1. The van der Waals surface area contributed by atoms with Gasteiger partial charge in [-0.25, -0.2) is 0 Å². The highest BCUT2D eigenvalue weighted by Gasteiger charge is 2.40. The first kappa shape index (κ1) is 20.2. The number of aromatic nitrogens is 1. The number of halogens is 4. The molecule has 10 heteroatoms. The van der Waals surface area contributed by atoms with Crippen LogP contribution >= 0.6 is 23.4 Å². The molecule has 1 unspecified atom stereocenters. The van der Waals surface area contributed by atoms with Gasteiger partial charge in [-0.1, -0.05) is 0 Å². The van der Waals surface area contributed by atoms with Gasteiger partial charge < -0.3 is 4.74 Å². The zero-order valence-corrected chi connectivity index (χ0v) is 15.9. The van der Waals surface area contributed by atoms with Crippen LogP contribution in [0, 0.1) is 0 Å². The number of epoxide rings is 1. The fourth-order valence-corrected chi connectivity index (χ4v) is 3.65. The highest BCUT2D eigenvalue weighted by Crippen LogP contribution is 2.28. The summed E-state index contributed by atoms with van der Waals surface area (Å²) in [7, 11) is 0. The van der Waals surface area contributed by atoms with Gasteiger partial charge in [-0.05, 0) is 17.7 Å². The topological polar surface area (TPSA) is 48.7 Å². The second-order valence-electron chi connectivity index (χ2n) is 6.07. The van der Waals surface area contributed by atoms with Gasteiger partial charge in [0.2, 0.25) is 17.8 Å². The number of nitrogens with zero attached hydrogens (tertiary/aromatic N) is 3. The lowest BCUT2D eigenvalue weighted by molar-refractivity contribution is -0.373. The molecule has 27 heavy (non-hydrogen) atoms. The molecule has 1 aromatic rings. The van der Waals surface area contributed by atoms with Crippen LogP contribution in [0.4, 0.5) is 18.9 Å². The number of pyridine rings is 1. The number of hydrogen-bond donors (Lipinski definition) is 0. The van der Waals surface area contributed by atoms with Gasteiger partial charge >= 0.3 is 11.3 Å². The highest BCUT2D eigenvalue weighted by molar-refractivity contribution is 7.99. The number of carbonyl (C=O) groups is 1. The number of allylic oxidation sites excluding steroid dienone is 1. The molecular weight excluding hydrogens is 403 g/mol. The second kappa shape index (κ2) is 8.62. The number of rotatable bonds is 9. The maximum atomic E-state index is 12.6. The van der Waals surface area contributed by atoms with Crippen LogP contribution in [-0.2, 0) is 9.53 Å². The van der Waals surface area contributed by atoms with Crippen molar-refractivity contribution < 1.29 is 27.3 Å². The lowest BCUT2D eigenvalue weighted by Crippen LogP contribution is -2.41. The lowest BCUT2D eigenvalue weighted by atomic mass is 10.2. The molecule has 0 saturated carbocycles. The Bertz CT molecular complexity index is 752. The minimum absolute atomic E-state index is 0.0235. The summed E-state index contributed by atoms with van der Waals surface area (Å²) in [4.78, 5) is 18.2. The van der Waals surface area contributed by atoms with Crippen molar-refractivity contribution >= 4 is 40.1 Å². The molecule has 0 N–H and O–H groups in total. The number of thioether (sulfide) groups is 1. The minimum Gasteiger partial charge on any atom is -0.371 e. The molecule has 2 aliphatic heterocycles. The average Bonchev–Trinajstić information content (AvgIpc) is 3.43. The van der Waals surface area contributed by atoms with Crippen molar-refractivity contribution in [3.05, 3.63) is 36.4 Å². The van der Waals surface area contributed by atoms with Crippen molar-refractivity contribution in [3.8, 4) is 0 Å². The molecule has 2 aliphatic rings. The summed E-state index contributed by atoms with van der Waals surface area (Å²) < 4.78 is 43.4. The molecule has 0 spiro atoms. The van der Waals surface area contributed by atoms with Crippen LogP contribution in [0.15, 0.2) is 36.4 Å². The maximum Gasteiger partial charge on any atom is 0.389 e.